The van der Waals surface area contributed by atoms with Crippen LogP contribution in [0.2, 0.25) is 0 Å². The van der Waals surface area contributed by atoms with E-state index in [0.29, 0.717) is 56.6 Å². The lowest BCUT2D eigenvalue weighted by Gasteiger charge is -2.43. The van der Waals surface area contributed by atoms with Gasteiger partial charge in [-0.05, 0) is 54.2 Å². The number of fused-ring (bicyclic) bond motifs is 2. The first-order chi connectivity index (χ1) is 15.6. The van der Waals surface area contributed by atoms with Crippen LogP contribution in [-0.2, 0) is 19.5 Å². The Bertz CT molecular complexity index is 985. The van der Waals surface area contributed by atoms with Gasteiger partial charge in [0, 0.05) is 38.3 Å². The van der Waals surface area contributed by atoms with Crippen LogP contribution in [0.4, 0.5) is 5.69 Å². The Balaban J connectivity index is 1.62. The lowest BCUT2D eigenvalue weighted by molar-refractivity contribution is 0.0729. The molecule has 2 bridgehead atoms. The van der Waals surface area contributed by atoms with Crippen LogP contribution in [0.15, 0.2) is 23.1 Å². The van der Waals surface area contributed by atoms with Crippen molar-refractivity contribution in [2.24, 2.45) is 16.7 Å². The van der Waals surface area contributed by atoms with Crippen molar-refractivity contribution in [2.75, 3.05) is 51.9 Å². The molecule has 184 valence electrons. The summed E-state index contributed by atoms with van der Waals surface area (Å²) < 4.78 is 38.8. The molecule has 1 heterocycles. The number of nitrogens with one attached hydrogen (secondary N) is 2. The van der Waals surface area contributed by atoms with Gasteiger partial charge in [-0.2, -0.15) is 4.31 Å². The third-order valence-corrected chi connectivity index (χ3v) is 9.94. The first-order valence-corrected chi connectivity index (χ1v) is 13.3. The van der Waals surface area contributed by atoms with Crippen LogP contribution in [0.5, 0.6) is 0 Å². The first-order valence-electron chi connectivity index (χ1n) is 11.9. The van der Waals surface area contributed by atoms with E-state index in [1.807, 2.05) is 0 Å². The maximum Gasteiger partial charge on any atom is 0.251 e. The quantitative estimate of drug-likeness (QED) is 0.557. The molecule has 0 aromatic heterocycles. The van der Waals surface area contributed by atoms with Gasteiger partial charge >= 0.3 is 0 Å². The van der Waals surface area contributed by atoms with Crippen molar-refractivity contribution in [3.05, 3.63) is 23.8 Å². The van der Waals surface area contributed by atoms with Crippen LogP contribution in [0.1, 0.15) is 50.4 Å². The van der Waals surface area contributed by atoms with E-state index in [4.69, 9.17) is 9.47 Å². The second-order valence-electron chi connectivity index (χ2n) is 10.5. The number of carbonyl (C=O) groups excluding carboxylic acids is 1. The number of anilines is 1. The number of hydrogen-bond acceptors (Lipinski definition) is 6. The second kappa shape index (κ2) is 9.17. The third kappa shape index (κ3) is 4.52. The zero-order chi connectivity index (χ0) is 23.9. The molecule has 1 aliphatic heterocycles. The van der Waals surface area contributed by atoms with Crippen LogP contribution >= 0.6 is 0 Å². The molecule has 2 N–H and O–H groups in total. The van der Waals surface area contributed by atoms with E-state index in [0.717, 1.165) is 12.8 Å². The Morgan fingerprint density at radius 3 is 2.61 bits per heavy atom. The van der Waals surface area contributed by atoms with Gasteiger partial charge in [-0.1, -0.05) is 20.8 Å². The van der Waals surface area contributed by atoms with Crippen molar-refractivity contribution in [1.82, 2.24) is 9.62 Å². The van der Waals surface area contributed by atoms with Crippen LogP contribution < -0.4 is 10.6 Å². The van der Waals surface area contributed by atoms with Gasteiger partial charge in [0.05, 0.1) is 25.5 Å². The summed E-state index contributed by atoms with van der Waals surface area (Å²) in [5, 5.41) is 6.43. The number of nitrogens with zero attached hydrogens (tertiary/aromatic N) is 1. The summed E-state index contributed by atoms with van der Waals surface area (Å²) in [4.78, 5) is 13.5. The van der Waals surface area contributed by atoms with Crippen molar-refractivity contribution in [1.29, 1.82) is 0 Å². The number of carbonyl (C=O) groups is 1. The maximum atomic E-state index is 13.5. The zero-order valence-corrected chi connectivity index (χ0v) is 21.0. The van der Waals surface area contributed by atoms with E-state index in [1.54, 1.807) is 19.2 Å². The molecule has 8 nitrogen and oxygen atoms in total. The molecule has 0 radical (unpaired) electrons. The molecular formula is C24H37N3O5S. The molecule has 2 saturated carbocycles. The number of methoxy groups -OCH3 is 1. The lowest BCUT2D eigenvalue weighted by Crippen LogP contribution is -2.52. The molecule has 1 amide bonds. The Labute approximate surface area is 197 Å². The molecule has 1 aromatic carbocycles. The molecule has 3 aliphatic rings. The fourth-order valence-electron chi connectivity index (χ4n) is 6.11. The molecular weight excluding hydrogens is 442 g/mol. The number of morpholine rings is 1. The van der Waals surface area contributed by atoms with Crippen LogP contribution in [0.25, 0.3) is 0 Å². The third-order valence-electron chi connectivity index (χ3n) is 8.00. The number of hydrogen-bond donors (Lipinski definition) is 2. The SMILES string of the molecule is COCCNc1ccc(C(=O)N[C@@H]2C(C)(C)[C@@H]3CC[C@@]2(C)C3)cc1S(=O)(=O)N1CCOCC1. The van der Waals surface area contributed by atoms with E-state index in [9.17, 15) is 13.2 Å². The molecule has 33 heavy (non-hydrogen) atoms. The fourth-order valence-corrected chi connectivity index (χ4v) is 7.72. The van der Waals surface area contributed by atoms with Gasteiger partial charge in [-0.15, -0.1) is 0 Å². The van der Waals surface area contributed by atoms with Gasteiger partial charge in [0.2, 0.25) is 10.0 Å². The monoisotopic (exact) mass is 479 g/mol. The van der Waals surface area contributed by atoms with Crippen molar-refractivity contribution in [3.63, 3.8) is 0 Å². The van der Waals surface area contributed by atoms with Crippen molar-refractivity contribution < 1.29 is 22.7 Å². The summed E-state index contributed by atoms with van der Waals surface area (Å²) in [6.45, 7) is 8.97. The Morgan fingerprint density at radius 2 is 1.97 bits per heavy atom. The van der Waals surface area contributed by atoms with Gasteiger partial charge in [0.25, 0.3) is 5.91 Å². The molecule has 0 unspecified atom stereocenters. The summed E-state index contributed by atoms with van der Waals surface area (Å²) >= 11 is 0. The summed E-state index contributed by atoms with van der Waals surface area (Å²) in [6.07, 6.45) is 3.45. The van der Waals surface area contributed by atoms with E-state index in [-0.39, 0.29) is 27.7 Å². The number of benzene rings is 1. The minimum atomic E-state index is -3.79. The largest absolute Gasteiger partial charge is 0.383 e. The highest BCUT2D eigenvalue weighted by Gasteiger charge is 2.59. The zero-order valence-electron chi connectivity index (χ0n) is 20.1. The lowest BCUT2D eigenvalue weighted by atomic mass is 9.68. The smallest absolute Gasteiger partial charge is 0.251 e. The Kier molecular flexibility index (Phi) is 6.79. The predicted molar refractivity (Wildman–Crippen MR) is 127 cm³/mol. The minimum absolute atomic E-state index is 0.0208. The van der Waals surface area contributed by atoms with E-state index < -0.39 is 10.0 Å². The van der Waals surface area contributed by atoms with Gasteiger partial charge in [-0.25, -0.2) is 8.42 Å². The van der Waals surface area contributed by atoms with Crippen molar-refractivity contribution in [2.45, 2.75) is 51.0 Å². The van der Waals surface area contributed by atoms with Crippen molar-refractivity contribution >= 4 is 21.6 Å². The molecule has 9 heteroatoms. The predicted octanol–water partition coefficient (Wildman–Crippen LogP) is 2.71. The number of ether oxygens (including phenoxy) is 2. The van der Waals surface area contributed by atoms with E-state index >= 15 is 0 Å². The topological polar surface area (TPSA) is 97.0 Å². The van der Waals surface area contributed by atoms with E-state index in [1.165, 1.54) is 16.8 Å². The molecule has 3 fully saturated rings. The number of amides is 1. The van der Waals surface area contributed by atoms with Crippen LogP contribution in [0, 0.1) is 16.7 Å². The molecule has 2 aliphatic carbocycles. The fraction of sp³-hybridized carbons (Fsp3) is 0.708. The molecule has 1 saturated heterocycles. The van der Waals surface area contributed by atoms with Crippen LogP contribution in [0.3, 0.4) is 0 Å². The highest BCUT2D eigenvalue weighted by Crippen LogP contribution is 2.62. The Hall–Kier alpha value is -1.68. The standard InChI is InChI=1S/C24H37N3O5S/c1-23(2)18-7-8-24(3,16-18)22(23)26-21(28)17-5-6-19(25-9-12-31-4)20(15-17)33(29,30)27-10-13-32-14-11-27/h5-6,15,18,22,25H,7-14,16H2,1-4H3,(H,26,28)/t18-,22-,24+/m1/s1. The Morgan fingerprint density at radius 1 is 1.24 bits per heavy atom. The molecule has 3 atom stereocenters. The highest BCUT2D eigenvalue weighted by atomic mass is 32.2. The summed E-state index contributed by atoms with van der Waals surface area (Å²) in [7, 11) is -2.19. The van der Waals surface area contributed by atoms with Gasteiger partial charge in [0.1, 0.15) is 4.90 Å². The highest BCUT2D eigenvalue weighted by molar-refractivity contribution is 7.89. The average molecular weight is 480 g/mol. The van der Waals surface area contributed by atoms with Gasteiger partial charge in [-0.3, -0.25) is 4.79 Å². The van der Waals surface area contributed by atoms with E-state index in [2.05, 4.69) is 31.4 Å². The molecule has 0 spiro atoms. The maximum absolute atomic E-state index is 13.5. The normalized spacial score (nSPS) is 29.2. The summed E-state index contributed by atoms with van der Waals surface area (Å²) in [6, 6.07) is 4.96. The van der Waals surface area contributed by atoms with Crippen LogP contribution in [-0.4, -0.2) is 71.2 Å². The van der Waals surface area contributed by atoms with Gasteiger partial charge in [0.15, 0.2) is 0 Å². The summed E-state index contributed by atoms with van der Waals surface area (Å²) in [5.41, 5.74) is 0.949. The molecule has 1 aromatic rings. The second-order valence-corrected chi connectivity index (χ2v) is 12.4. The first kappa shape index (κ1) is 24.4. The summed E-state index contributed by atoms with van der Waals surface area (Å²) in [5.74, 6) is 0.390. The van der Waals surface area contributed by atoms with Gasteiger partial charge < -0.3 is 20.1 Å². The average Bonchev–Trinajstić information content (AvgIpc) is 3.28. The number of sulfonamides is 1. The number of rotatable bonds is 8. The molecule has 4 rings (SSSR count). The van der Waals surface area contributed by atoms with Crippen molar-refractivity contribution in [3.8, 4) is 0 Å². The minimum Gasteiger partial charge on any atom is -0.383 e.